The fourth-order valence-electron chi connectivity index (χ4n) is 3.61. The van der Waals surface area contributed by atoms with Gasteiger partial charge < -0.3 is 9.80 Å². The molecule has 1 aliphatic rings. The summed E-state index contributed by atoms with van der Waals surface area (Å²) in [4.78, 5) is 17.8. The topological polar surface area (TPSA) is 79.8 Å². The highest BCUT2D eigenvalue weighted by Gasteiger charge is 2.22. The highest BCUT2D eigenvalue weighted by atomic mass is 15.4. The normalized spacial score (nSPS) is 15.2. The Labute approximate surface area is 156 Å². The molecule has 0 N–H and O–H groups in total. The van der Waals surface area contributed by atoms with Gasteiger partial charge in [-0.1, -0.05) is 0 Å². The molecule has 9 nitrogen and oxygen atoms in total. The number of imidazole rings is 1. The van der Waals surface area contributed by atoms with Crippen molar-refractivity contribution in [3.05, 3.63) is 41.6 Å². The second-order valence-corrected chi connectivity index (χ2v) is 6.95. The first-order valence-electron chi connectivity index (χ1n) is 9.10. The molecule has 1 fully saturated rings. The molecule has 0 saturated carbocycles. The van der Waals surface area contributed by atoms with Gasteiger partial charge in [0.2, 0.25) is 0 Å². The van der Waals surface area contributed by atoms with Crippen molar-refractivity contribution in [3.63, 3.8) is 0 Å². The van der Waals surface area contributed by atoms with Crippen molar-refractivity contribution in [3.8, 4) is 0 Å². The van der Waals surface area contributed by atoms with E-state index in [1.165, 1.54) is 0 Å². The number of hydrogen-bond acceptors (Lipinski definition) is 7. The number of anilines is 2. The van der Waals surface area contributed by atoms with Gasteiger partial charge in [0.1, 0.15) is 18.0 Å². The molecule has 27 heavy (non-hydrogen) atoms. The van der Waals surface area contributed by atoms with E-state index in [-0.39, 0.29) is 0 Å². The fraction of sp³-hybridized carbons (Fsp3) is 0.389. The van der Waals surface area contributed by atoms with E-state index < -0.39 is 0 Å². The number of hydrogen-bond donors (Lipinski definition) is 0. The molecule has 0 aromatic carbocycles. The summed E-state index contributed by atoms with van der Waals surface area (Å²) in [6, 6.07) is 6.17. The van der Waals surface area contributed by atoms with Crippen LogP contribution in [-0.2, 0) is 0 Å². The van der Waals surface area contributed by atoms with Crippen LogP contribution in [0.3, 0.4) is 0 Å². The first-order chi connectivity index (χ1) is 13.1. The van der Waals surface area contributed by atoms with E-state index in [0.29, 0.717) is 5.78 Å². The minimum Gasteiger partial charge on any atom is -0.353 e. The van der Waals surface area contributed by atoms with Gasteiger partial charge in [0.25, 0.3) is 5.78 Å². The van der Waals surface area contributed by atoms with Gasteiger partial charge in [-0.05, 0) is 32.9 Å². The van der Waals surface area contributed by atoms with Crippen molar-refractivity contribution in [1.29, 1.82) is 0 Å². The molecule has 0 unspecified atom stereocenters. The molecular formula is C18H21N9. The van der Waals surface area contributed by atoms with E-state index in [0.717, 1.165) is 60.5 Å². The molecule has 1 aliphatic heterocycles. The molecule has 4 aromatic heterocycles. The third kappa shape index (κ3) is 2.57. The molecule has 0 radical (unpaired) electrons. The van der Waals surface area contributed by atoms with Crippen molar-refractivity contribution < 1.29 is 0 Å². The van der Waals surface area contributed by atoms with Crippen molar-refractivity contribution in [2.24, 2.45) is 0 Å². The number of piperazine rings is 1. The van der Waals surface area contributed by atoms with Crippen molar-refractivity contribution in [2.45, 2.75) is 20.8 Å². The zero-order valence-corrected chi connectivity index (χ0v) is 15.7. The van der Waals surface area contributed by atoms with Crippen molar-refractivity contribution in [2.75, 3.05) is 36.0 Å². The van der Waals surface area contributed by atoms with Crippen molar-refractivity contribution >= 4 is 23.1 Å². The number of aromatic nitrogens is 7. The molecule has 0 bridgehead atoms. The van der Waals surface area contributed by atoms with E-state index in [9.17, 15) is 0 Å². The van der Waals surface area contributed by atoms with Crippen LogP contribution in [0.1, 0.15) is 17.1 Å². The zero-order valence-electron chi connectivity index (χ0n) is 15.7. The zero-order chi connectivity index (χ0) is 18.5. The van der Waals surface area contributed by atoms with Crippen LogP contribution in [0.2, 0.25) is 0 Å². The Morgan fingerprint density at radius 2 is 1.67 bits per heavy atom. The van der Waals surface area contributed by atoms with Gasteiger partial charge in [-0.25, -0.2) is 14.5 Å². The third-order valence-electron chi connectivity index (χ3n) is 5.21. The average molecular weight is 363 g/mol. The van der Waals surface area contributed by atoms with Gasteiger partial charge in [-0.3, -0.25) is 0 Å². The second-order valence-electron chi connectivity index (χ2n) is 6.95. The molecule has 0 amide bonds. The van der Waals surface area contributed by atoms with E-state index >= 15 is 0 Å². The van der Waals surface area contributed by atoms with Gasteiger partial charge in [-0.2, -0.15) is 14.6 Å². The quantitative estimate of drug-likeness (QED) is 0.533. The summed E-state index contributed by atoms with van der Waals surface area (Å²) in [6.07, 6.45) is 1.55. The molecule has 4 aromatic rings. The largest absolute Gasteiger partial charge is 0.353 e. The lowest BCUT2D eigenvalue weighted by molar-refractivity contribution is 0.627. The maximum atomic E-state index is 4.80. The lowest BCUT2D eigenvalue weighted by Crippen LogP contribution is -2.47. The number of fused-ring (bicyclic) bond motifs is 2. The summed E-state index contributed by atoms with van der Waals surface area (Å²) in [5.41, 5.74) is 3.96. The Morgan fingerprint density at radius 3 is 2.48 bits per heavy atom. The minimum atomic E-state index is 0.644. The molecule has 1 saturated heterocycles. The highest BCUT2D eigenvalue weighted by molar-refractivity contribution is 5.51. The van der Waals surface area contributed by atoms with Crippen LogP contribution in [0.4, 0.5) is 11.6 Å². The summed E-state index contributed by atoms with van der Waals surface area (Å²) >= 11 is 0. The van der Waals surface area contributed by atoms with Crippen LogP contribution in [0, 0.1) is 20.8 Å². The van der Waals surface area contributed by atoms with Crippen LogP contribution in [0.25, 0.3) is 11.4 Å². The molecule has 9 heteroatoms. The maximum absolute atomic E-state index is 4.80. The first kappa shape index (κ1) is 16.0. The van der Waals surface area contributed by atoms with Gasteiger partial charge in [0.05, 0.1) is 11.4 Å². The second kappa shape index (κ2) is 5.90. The van der Waals surface area contributed by atoms with E-state index in [1.54, 1.807) is 6.33 Å². The number of aryl methyl sites for hydroxylation is 3. The summed E-state index contributed by atoms with van der Waals surface area (Å²) in [5, 5.41) is 9.12. The van der Waals surface area contributed by atoms with Gasteiger partial charge in [0.15, 0.2) is 5.65 Å². The SMILES string of the molecule is Cc1cc(N2CCN(c3ccc4nc(C)c(C)n4n3)CC2)n2ncnc2n1. The lowest BCUT2D eigenvalue weighted by Gasteiger charge is -2.36. The third-order valence-corrected chi connectivity index (χ3v) is 5.21. The fourth-order valence-corrected chi connectivity index (χ4v) is 3.61. The molecular weight excluding hydrogens is 342 g/mol. The van der Waals surface area contributed by atoms with Crippen LogP contribution in [0.5, 0.6) is 0 Å². The Balaban J connectivity index is 1.40. The average Bonchev–Trinajstić information content (AvgIpc) is 3.25. The monoisotopic (exact) mass is 363 g/mol. The van der Waals surface area contributed by atoms with Crippen LogP contribution >= 0.6 is 0 Å². The minimum absolute atomic E-state index is 0.644. The van der Waals surface area contributed by atoms with E-state index in [2.05, 4.69) is 48.9 Å². The number of nitrogens with zero attached hydrogens (tertiary/aromatic N) is 9. The predicted molar refractivity (Wildman–Crippen MR) is 102 cm³/mol. The van der Waals surface area contributed by atoms with Gasteiger partial charge in [-0.15, -0.1) is 5.10 Å². The Kier molecular flexibility index (Phi) is 3.49. The van der Waals surface area contributed by atoms with Crippen molar-refractivity contribution in [1.82, 2.24) is 34.2 Å². The summed E-state index contributed by atoms with van der Waals surface area (Å²) in [6.45, 7) is 9.62. The van der Waals surface area contributed by atoms with Gasteiger partial charge >= 0.3 is 0 Å². The molecule has 5 rings (SSSR count). The Morgan fingerprint density at radius 1 is 0.889 bits per heavy atom. The molecule has 0 spiro atoms. The molecule has 0 atom stereocenters. The predicted octanol–water partition coefficient (Wildman–Crippen LogP) is 1.42. The summed E-state index contributed by atoms with van der Waals surface area (Å²) in [7, 11) is 0. The maximum Gasteiger partial charge on any atom is 0.254 e. The molecule has 138 valence electrons. The smallest absolute Gasteiger partial charge is 0.254 e. The van der Waals surface area contributed by atoms with Crippen LogP contribution < -0.4 is 9.80 Å². The van der Waals surface area contributed by atoms with Crippen LogP contribution in [0.15, 0.2) is 24.5 Å². The van der Waals surface area contributed by atoms with E-state index in [1.807, 2.05) is 28.9 Å². The van der Waals surface area contributed by atoms with Gasteiger partial charge in [0, 0.05) is 37.9 Å². The molecule has 5 heterocycles. The van der Waals surface area contributed by atoms with Crippen LogP contribution in [-0.4, -0.2) is 60.4 Å². The summed E-state index contributed by atoms with van der Waals surface area (Å²) in [5.74, 6) is 2.67. The van der Waals surface area contributed by atoms with E-state index in [4.69, 9.17) is 5.10 Å². The summed E-state index contributed by atoms with van der Waals surface area (Å²) < 4.78 is 3.74. The first-order valence-corrected chi connectivity index (χ1v) is 9.10. The Bertz CT molecular complexity index is 1130. The number of rotatable bonds is 2. The lowest BCUT2D eigenvalue weighted by atomic mass is 10.3. The highest BCUT2D eigenvalue weighted by Crippen LogP contribution is 2.21. The molecule has 0 aliphatic carbocycles. The standard InChI is InChI=1S/C18H21N9/c1-12-10-17(27-18(21-12)19-11-20-27)25-8-6-24(7-9-25)16-5-4-15-22-13(2)14(3)26(15)23-16/h4-5,10-11H,6-9H2,1-3H3. The Hall–Kier alpha value is -3.23.